The highest BCUT2D eigenvalue weighted by Crippen LogP contribution is 2.35. The van der Waals surface area contributed by atoms with Crippen molar-refractivity contribution < 1.29 is 28.6 Å². The molecule has 1 heterocycles. The summed E-state index contributed by atoms with van der Waals surface area (Å²) in [7, 11) is 2.92. The minimum absolute atomic E-state index is 0.0736. The summed E-state index contributed by atoms with van der Waals surface area (Å²) in [6, 6.07) is 3.72. The molecule has 1 saturated heterocycles. The first-order valence-electron chi connectivity index (χ1n) is 7.78. The highest BCUT2D eigenvalue weighted by Gasteiger charge is 2.43. The SMILES string of the molecule is COCC[C@@]1(C(=O)O)CCCN(C(=O)c2cc(F)ccc2OC)C1. The summed E-state index contributed by atoms with van der Waals surface area (Å²) in [5.74, 6) is -1.64. The van der Waals surface area contributed by atoms with Gasteiger partial charge in [-0.05, 0) is 37.5 Å². The molecule has 7 heteroatoms. The Morgan fingerprint density at radius 3 is 2.75 bits per heavy atom. The zero-order chi connectivity index (χ0) is 17.7. The van der Waals surface area contributed by atoms with Gasteiger partial charge >= 0.3 is 5.97 Å². The van der Waals surface area contributed by atoms with E-state index in [-0.39, 0.29) is 17.9 Å². The van der Waals surface area contributed by atoms with Gasteiger partial charge in [-0.3, -0.25) is 9.59 Å². The normalized spacial score (nSPS) is 20.7. The lowest BCUT2D eigenvalue weighted by molar-refractivity contribution is -0.153. The second-order valence-corrected chi connectivity index (χ2v) is 6.00. The molecule has 0 saturated carbocycles. The van der Waals surface area contributed by atoms with Crippen LogP contribution in [0.25, 0.3) is 0 Å². The predicted octanol–water partition coefficient (Wildman–Crippen LogP) is 2.18. The first-order chi connectivity index (χ1) is 11.4. The van der Waals surface area contributed by atoms with Crippen molar-refractivity contribution >= 4 is 11.9 Å². The van der Waals surface area contributed by atoms with E-state index in [9.17, 15) is 19.1 Å². The molecule has 1 amide bonds. The van der Waals surface area contributed by atoms with Gasteiger partial charge in [-0.2, -0.15) is 0 Å². The van der Waals surface area contributed by atoms with Crippen LogP contribution < -0.4 is 4.74 Å². The number of methoxy groups -OCH3 is 2. The minimum atomic E-state index is -1.04. The van der Waals surface area contributed by atoms with Crippen LogP contribution in [0, 0.1) is 11.2 Å². The molecule has 0 radical (unpaired) electrons. The van der Waals surface area contributed by atoms with Crippen LogP contribution in [-0.2, 0) is 9.53 Å². The van der Waals surface area contributed by atoms with E-state index in [1.54, 1.807) is 0 Å². The molecule has 0 unspecified atom stereocenters. The maximum absolute atomic E-state index is 13.5. The number of amides is 1. The van der Waals surface area contributed by atoms with E-state index < -0.39 is 23.1 Å². The number of piperidine rings is 1. The molecule has 0 aromatic heterocycles. The summed E-state index contributed by atoms with van der Waals surface area (Å²) in [6.45, 7) is 0.808. The highest BCUT2D eigenvalue weighted by atomic mass is 19.1. The van der Waals surface area contributed by atoms with Crippen LogP contribution in [0.4, 0.5) is 4.39 Å². The van der Waals surface area contributed by atoms with Crippen LogP contribution in [0.3, 0.4) is 0 Å². The molecule has 0 aliphatic carbocycles. The number of carboxylic acids is 1. The van der Waals surface area contributed by atoms with Gasteiger partial charge in [0.15, 0.2) is 0 Å². The lowest BCUT2D eigenvalue weighted by atomic mass is 9.77. The Kier molecular flexibility index (Phi) is 5.77. The number of likely N-dealkylation sites (tertiary alicyclic amines) is 1. The van der Waals surface area contributed by atoms with Gasteiger partial charge in [-0.15, -0.1) is 0 Å². The van der Waals surface area contributed by atoms with E-state index in [2.05, 4.69) is 0 Å². The van der Waals surface area contributed by atoms with Crippen LogP contribution >= 0.6 is 0 Å². The van der Waals surface area contributed by atoms with Gasteiger partial charge in [0, 0.05) is 26.8 Å². The average molecular weight is 339 g/mol. The number of carbonyl (C=O) groups excluding carboxylic acids is 1. The van der Waals surface area contributed by atoms with Crippen LogP contribution in [0.15, 0.2) is 18.2 Å². The largest absolute Gasteiger partial charge is 0.496 e. The van der Waals surface area contributed by atoms with Gasteiger partial charge in [0.25, 0.3) is 5.91 Å². The van der Waals surface area contributed by atoms with Crippen LogP contribution in [0.1, 0.15) is 29.6 Å². The van der Waals surface area contributed by atoms with Gasteiger partial charge in [-0.1, -0.05) is 0 Å². The Morgan fingerprint density at radius 1 is 1.38 bits per heavy atom. The molecule has 0 bridgehead atoms. The molecule has 1 aliphatic heterocycles. The van der Waals surface area contributed by atoms with Crippen molar-refractivity contribution in [3.8, 4) is 5.75 Å². The second kappa shape index (κ2) is 7.61. The Hall–Kier alpha value is -2.15. The zero-order valence-electron chi connectivity index (χ0n) is 13.9. The topological polar surface area (TPSA) is 76.1 Å². The number of rotatable bonds is 6. The van der Waals surface area contributed by atoms with Crippen LogP contribution in [0.2, 0.25) is 0 Å². The Balaban J connectivity index is 2.26. The van der Waals surface area contributed by atoms with Crippen LogP contribution in [0.5, 0.6) is 5.75 Å². The summed E-state index contributed by atoms with van der Waals surface area (Å²) in [5.41, 5.74) is -0.935. The summed E-state index contributed by atoms with van der Waals surface area (Å²) in [4.78, 5) is 26.0. The number of aliphatic carboxylic acids is 1. The van der Waals surface area contributed by atoms with E-state index in [1.165, 1.54) is 31.3 Å². The van der Waals surface area contributed by atoms with E-state index in [0.717, 1.165) is 6.07 Å². The molecule has 1 fully saturated rings. The van der Waals surface area contributed by atoms with Crippen molar-refractivity contribution in [1.29, 1.82) is 0 Å². The van der Waals surface area contributed by atoms with Crippen molar-refractivity contribution in [2.75, 3.05) is 33.9 Å². The summed E-state index contributed by atoms with van der Waals surface area (Å²) in [6.07, 6.45) is 1.37. The third-order valence-corrected chi connectivity index (χ3v) is 4.49. The fourth-order valence-corrected chi connectivity index (χ4v) is 3.11. The van der Waals surface area contributed by atoms with Crippen molar-refractivity contribution in [2.45, 2.75) is 19.3 Å². The maximum atomic E-state index is 13.5. The van der Waals surface area contributed by atoms with Gasteiger partial charge in [-0.25, -0.2) is 4.39 Å². The summed E-state index contributed by atoms with van der Waals surface area (Å²) < 4.78 is 23.7. The molecule has 6 nitrogen and oxygen atoms in total. The molecule has 0 spiro atoms. The van der Waals surface area contributed by atoms with E-state index in [1.807, 2.05) is 0 Å². The van der Waals surface area contributed by atoms with Gasteiger partial charge < -0.3 is 19.5 Å². The lowest BCUT2D eigenvalue weighted by Crippen LogP contribution is -2.50. The van der Waals surface area contributed by atoms with Gasteiger partial charge in [0.2, 0.25) is 0 Å². The number of carbonyl (C=O) groups is 2. The average Bonchev–Trinajstić information content (AvgIpc) is 2.59. The first kappa shape index (κ1) is 18.2. The molecule has 1 aromatic rings. The highest BCUT2D eigenvalue weighted by molar-refractivity contribution is 5.97. The Labute approximate surface area is 140 Å². The monoisotopic (exact) mass is 339 g/mol. The van der Waals surface area contributed by atoms with Gasteiger partial charge in [0.05, 0.1) is 18.1 Å². The van der Waals surface area contributed by atoms with Crippen molar-refractivity contribution in [3.63, 3.8) is 0 Å². The molecule has 1 atom stereocenters. The smallest absolute Gasteiger partial charge is 0.311 e. The fourth-order valence-electron chi connectivity index (χ4n) is 3.11. The minimum Gasteiger partial charge on any atom is -0.496 e. The third kappa shape index (κ3) is 3.67. The van der Waals surface area contributed by atoms with Gasteiger partial charge in [0.1, 0.15) is 11.6 Å². The molecular formula is C17H22FNO5. The quantitative estimate of drug-likeness (QED) is 0.860. The molecule has 24 heavy (non-hydrogen) atoms. The van der Waals surface area contributed by atoms with Crippen molar-refractivity contribution in [3.05, 3.63) is 29.6 Å². The summed E-state index contributed by atoms with van der Waals surface area (Å²) in [5, 5.41) is 9.65. The molecule has 132 valence electrons. The van der Waals surface area contributed by atoms with Crippen molar-refractivity contribution in [1.82, 2.24) is 4.90 Å². The molecule has 1 aliphatic rings. The van der Waals surface area contributed by atoms with E-state index in [0.29, 0.717) is 32.4 Å². The van der Waals surface area contributed by atoms with E-state index in [4.69, 9.17) is 9.47 Å². The number of carboxylic acid groups (broad SMARTS) is 1. The van der Waals surface area contributed by atoms with Crippen LogP contribution in [-0.4, -0.2) is 55.8 Å². The number of hydrogen-bond donors (Lipinski definition) is 1. The number of halogens is 1. The maximum Gasteiger partial charge on any atom is 0.311 e. The second-order valence-electron chi connectivity index (χ2n) is 6.00. The summed E-state index contributed by atoms with van der Waals surface area (Å²) >= 11 is 0. The van der Waals surface area contributed by atoms with Crippen molar-refractivity contribution in [2.24, 2.45) is 5.41 Å². The fraction of sp³-hybridized carbons (Fsp3) is 0.529. The number of ether oxygens (including phenoxy) is 2. The number of nitrogens with zero attached hydrogens (tertiary/aromatic N) is 1. The number of benzene rings is 1. The lowest BCUT2D eigenvalue weighted by Gasteiger charge is -2.40. The molecular weight excluding hydrogens is 317 g/mol. The third-order valence-electron chi connectivity index (χ3n) is 4.49. The predicted molar refractivity (Wildman–Crippen MR) is 84.7 cm³/mol. The first-order valence-corrected chi connectivity index (χ1v) is 7.78. The Morgan fingerprint density at radius 2 is 2.12 bits per heavy atom. The zero-order valence-corrected chi connectivity index (χ0v) is 13.9. The standard InChI is InChI=1S/C17H22FNO5/c1-23-9-7-17(16(21)22)6-3-8-19(11-17)15(20)13-10-12(18)4-5-14(13)24-2/h4-5,10H,3,6-9,11H2,1-2H3,(H,21,22)/t17-/m0/s1. The molecule has 1 aromatic carbocycles. The van der Waals surface area contributed by atoms with E-state index >= 15 is 0 Å². The molecule has 1 N–H and O–H groups in total. The Bertz CT molecular complexity index is 621. The molecule has 2 rings (SSSR count). The number of hydrogen-bond acceptors (Lipinski definition) is 4.